The molecule has 3 nitrogen and oxygen atoms in total. The third-order valence-electron chi connectivity index (χ3n) is 4.08. The zero-order chi connectivity index (χ0) is 16.4. The number of anilines is 2. The van der Waals surface area contributed by atoms with Gasteiger partial charge in [0.15, 0.2) is 0 Å². The van der Waals surface area contributed by atoms with Crippen LogP contribution in [0.15, 0.2) is 52.3 Å². The van der Waals surface area contributed by atoms with Crippen LogP contribution in [0.3, 0.4) is 0 Å². The molecule has 122 valence electrons. The van der Waals surface area contributed by atoms with Crippen molar-refractivity contribution in [1.82, 2.24) is 0 Å². The lowest BCUT2D eigenvalue weighted by Gasteiger charge is -2.34. The topological polar surface area (TPSA) is 16.9 Å². The molecule has 0 amide bonds. The maximum Gasteiger partial charge on any atom is 0.121 e. The predicted molar refractivity (Wildman–Crippen MR) is 97.4 cm³/mol. The summed E-state index contributed by atoms with van der Waals surface area (Å²) in [6, 6.07) is 15.1. The summed E-state index contributed by atoms with van der Waals surface area (Å²) < 4.78 is 5.45. The number of quaternary nitrogens is 1. The van der Waals surface area contributed by atoms with Gasteiger partial charge in [0, 0.05) is 28.3 Å². The molecular formula is C19H25N2OS+. The molecule has 0 aromatic heterocycles. The van der Waals surface area contributed by atoms with Gasteiger partial charge in [0.2, 0.25) is 0 Å². The van der Waals surface area contributed by atoms with Gasteiger partial charge in [-0.2, -0.15) is 0 Å². The molecule has 0 aliphatic carbocycles. The van der Waals surface area contributed by atoms with Crippen LogP contribution in [0.25, 0.3) is 0 Å². The second kappa shape index (κ2) is 6.85. The Morgan fingerprint density at radius 2 is 1.83 bits per heavy atom. The molecule has 0 spiro atoms. The fourth-order valence-corrected chi connectivity index (χ4v) is 4.28. The standard InChI is InChI=1S/C19H24N2OS/c1-14(12-20(2)3)13-21-16-7-5-6-8-18(16)23-19-10-9-15(22-4)11-17(19)21/h5-11,14H,12-13H2,1-4H3/p+1/t14-/m1/s1. The second-order valence-corrected chi connectivity index (χ2v) is 7.61. The fourth-order valence-electron chi connectivity index (χ4n) is 3.21. The van der Waals surface area contributed by atoms with Crippen LogP contribution in [0.5, 0.6) is 5.75 Å². The summed E-state index contributed by atoms with van der Waals surface area (Å²) in [4.78, 5) is 6.57. The van der Waals surface area contributed by atoms with Crippen LogP contribution in [0.1, 0.15) is 6.92 Å². The van der Waals surface area contributed by atoms with Gasteiger partial charge in [-0.3, -0.25) is 0 Å². The number of nitrogens with zero attached hydrogens (tertiary/aromatic N) is 1. The molecule has 0 saturated carbocycles. The van der Waals surface area contributed by atoms with Crippen LogP contribution in [0.4, 0.5) is 11.4 Å². The molecule has 23 heavy (non-hydrogen) atoms. The summed E-state index contributed by atoms with van der Waals surface area (Å²) >= 11 is 1.84. The number of nitrogens with one attached hydrogen (secondary N) is 1. The third-order valence-corrected chi connectivity index (χ3v) is 5.21. The van der Waals surface area contributed by atoms with Crippen molar-refractivity contribution in [3.05, 3.63) is 42.5 Å². The molecule has 0 radical (unpaired) electrons. The Morgan fingerprint density at radius 1 is 1.09 bits per heavy atom. The molecule has 0 unspecified atom stereocenters. The number of hydrogen-bond acceptors (Lipinski definition) is 3. The Labute approximate surface area is 143 Å². The van der Waals surface area contributed by atoms with Crippen molar-refractivity contribution < 1.29 is 9.64 Å². The van der Waals surface area contributed by atoms with Gasteiger partial charge in [-0.15, -0.1) is 0 Å². The van der Waals surface area contributed by atoms with E-state index in [0.717, 1.165) is 18.8 Å². The minimum atomic E-state index is 0.607. The normalized spacial score (nSPS) is 14.4. The van der Waals surface area contributed by atoms with Crippen LogP contribution in [-0.4, -0.2) is 34.3 Å². The van der Waals surface area contributed by atoms with Gasteiger partial charge in [0.1, 0.15) is 5.75 Å². The third kappa shape index (κ3) is 3.48. The van der Waals surface area contributed by atoms with E-state index >= 15 is 0 Å². The largest absolute Gasteiger partial charge is 0.497 e. The Hall–Kier alpha value is -1.65. The highest BCUT2D eigenvalue weighted by atomic mass is 32.2. The monoisotopic (exact) mass is 329 g/mol. The highest BCUT2D eigenvalue weighted by Crippen LogP contribution is 2.49. The van der Waals surface area contributed by atoms with Gasteiger partial charge in [-0.25, -0.2) is 0 Å². The van der Waals surface area contributed by atoms with Crippen molar-refractivity contribution in [3.8, 4) is 5.75 Å². The predicted octanol–water partition coefficient (Wildman–Crippen LogP) is 3.08. The van der Waals surface area contributed by atoms with Gasteiger partial charge in [-0.1, -0.05) is 30.8 Å². The van der Waals surface area contributed by atoms with E-state index in [1.165, 1.54) is 26.1 Å². The molecule has 0 bridgehead atoms. The quantitative estimate of drug-likeness (QED) is 0.908. The van der Waals surface area contributed by atoms with Crippen molar-refractivity contribution in [3.63, 3.8) is 0 Å². The van der Waals surface area contributed by atoms with Gasteiger partial charge >= 0.3 is 0 Å². The first kappa shape index (κ1) is 16.2. The summed E-state index contributed by atoms with van der Waals surface area (Å²) in [6.45, 7) is 4.51. The van der Waals surface area contributed by atoms with Gasteiger partial charge in [0.05, 0.1) is 39.1 Å². The van der Waals surface area contributed by atoms with E-state index < -0.39 is 0 Å². The minimum Gasteiger partial charge on any atom is -0.497 e. The van der Waals surface area contributed by atoms with Crippen LogP contribution in [0.2, 0.25) is 0 Å². The number of methoxy groups -OCH3 is 1. The first-order valence-electron chi connectivity index (χ1n) is 8.10. The summed E-state index contributed by atoms with van der Waals surface area (Å²) in [7, 11) is 6.16. The maximum absolute atomic E-state index is 5.45. The average Bonchev–Trinajstić information content (AvgIpc) is 2.53. The van der Waals surface area contributed by atoms with Crippen LogP contribution >= 0.6 is 11.8 Å². The smallest absolute Gasteiger partial charge is 0.121 e. The van der Waals surface area contributed by atoms with Gasteiger partial charge in [-0.05, 0) is 24.3 Å². The first-order valence-corrected chi connectivity index (χ1v) is 8.91. The van der Waals surface area contributed by atoms with E-state index in [0.29, 0.717) is 5.92 Å². The Balaban J connectivity index is 1.99. The number of ether oxygens (including phenoxy) is 1. The van der Waals surface area contributed by atoms with Crippen molar-refractivity contribution in [2.45, 2.75) is 16.7 Å². The number of para-hydroxylation sites is 1. The molecule has 1 atom stereocenters. The number of benzene rings is 2. The average molecular weight is 329 g/mol. The molecule has 2 aromatic carbocycles. The van der Waals surface area contributed by atoms with Crippen molar-refractivity contribution in [2.24, 2.45) is 5.92 Å². The zero-order valence-electron chi connectivity index (χ0n) is 14.3. The van der Waals surface area contributed by atoms with Gasteiger partial charge in [0.25, 0.3) is 0 Å². The van der Waals surface area contributed by atoms with Crippen molar-refractivity contribution in [1.29, 1.82) is 0 Å². The fraction of sp³-hybridized carbons (Fsp3) is 0.368. The minimum absolute atomic E-state index is 0.607. The molecule has 2 aromatic rings. The van der Waals surface area contributed by atoms with E-state index in [1.807, 2.05) is 17.8 Å². The summed E-state index contributed by atoms with van der Waals surface area (Å²) in [5.41, 5.74) is 2.56. The number of rotatable bonds is 5. The molecule has 1 heterocycles. The number of hydrogen-bond donors (Lipinski definition) is 1. The van der Waals surface area contributed by atoms with E-state index in [4.69, 9.17) is 4.74 Å². The molecule has 1 aliphatic rings. The van der Waals surface area contributed by atoms with Crippen molar-refractivity contribution in [2.75, 3.05) is 39.2 Å². The molecule has 1 N–H and O–H groups in total. The van der Waals surface area contributed by atoms with E-state index in [2.05, 4.69) is 62.3 Å². The van der Waals surface area contributed by atoms with Crippen LogP contribution in [-0.2, 0) is 0 Å². The van der Waals surface area contributed by atoms with Crippen LogP contribution in [0, 0.1) is 5.92 Å². The molecule has 1 aliphatic heterocycles. The maximum atomic E-state index is 5.45. The summed E-state index contributed by atoms with van der Waals surface area (Å²) in [5.74, 6) is 1.52. The Kier molecular flexibility index (Phi) is 4.83. The van der Waals surface area contributed by atoms with Crippen molar-refractivity contribution >= 4 is 23.1 Å². The lowest BCUT2D eigenvalue weighted by molar-refractivity contribution is -0.861. The molecule has 4 heteroatoms. The van der Waals surface area contributed by atoms with E-state index in [9.17, 15) is 0 Å². The highest BCUT2D eigenvalue weighted by molar-refractivity contribution is 7.99. The molecule has 3 rings (SSSR count). The van der Waals surface area contributed by atoms with Crippen LogP contribution < -0.4 is 14.5 Å². The zero-order valence-corrected chi connectivity index (χ0v) is 15.1. The molecule has 0 fully saturated rings. The SMILES string of the molecule is COc1ccc2c(c1)N(C[C@H](C)C[NH+](C)C)c1ccccc1S2. The second-order valence-electron chi connectivity index (χ2n) is 6.53. The van der Waals surface area contributed by atoms with E-state index in [1.54, 1.807) is 7.11 Å². The number of fused-ring (bicyclic) bond motifs is 2. The lowest BCUT2D eigenvalue weighted by Crippen LogP contribution is -3.06. The summed E-state index contributed by atoms with van der Waals surface area (Å²) in [5, 5.41) is 0. The Bertz CT molecular complexity index is 687. The van der Waals surface area contributed by atoms with Gasteiger partial charge < -0.3 is 14.5 Å². The van der Waals surface area contributed by atoms with E-state index in [-0.39, 0.29) is 0 Å². The molecular weight excluding hydrogens is 304 g/mol. The summed E-state index contributed by atoms with van der Waals surface area (Å²) in [6.07, 6.45) is 0. The Morgan fingerprint density at radius 3 is 2.57 bits per heavy atom. The first-order chi connectivity index (χ1) is 11.1. The molecule has 0 saturated heterocycles. The highest BCUT2D eigenvalue weighted by Gasteiger charge is 2.25. The lowest BCUT2D eigenvalue weighted by atomic mass is 10.1.